The molecule has 0 spiro atoms. The molecule has 0 atom stereocenters. The van der Waals surface area contributed by atoms with Crippen LogP contribution in [0.15, 0.2) is 24.3 Å². The molecule has 0 fully saturated rings. The van der Waals surface area contributed by atoms with E-state index in [1.165, 1.54) is 11.0 Å². The van der Waals surface area contributed by atoms with E-state index in [2.05, 4.69) is 38.5 Å². The topological polar surface area (TPSA) is 0 Å². The van der Waals surface area contributed by atoms with Crippen LogP contribution in [0, 0.1) is 6.92 Å². The minimum Gasteiger partial charge on any atom is -0.0881 e. The number of hydrogen-bond donors (Lipinski definition) is 0. The molecule has 1 aromatic carbocycles. The van der Waals surface area contributed by atoms with E-state index in [0.717, 1.165) is 0 Å². The summed E-state index contributed by atoms with van der Waals surface area (Å²) in [5.41, 5.74) is 2.61. The lowest BCUT2D eigenvalue weighted by Crippen LogP contribution is -2.08. The smallest absolute Gasteiger partial charge is 0.0881 e. The SMILES string of the molecule is C[B]c1ccc(C)cc1. The van der Waals surface area contributed by atoms with E-state index in [-0.39, 0.29) is 0 Å². The summed E-state index contributed by atoms with van der Waals surface area (Å²) in [5.74, 6) is 0. The van der Waals surface area contributed by atoms with Gasteiger partial charge >= 0.3 is 0 Å². The molecule has 0 aliphatic heterocycles. The first-order valence-corrected chi connectivity index (χ1v) is 3.19. The Morgan fingerprint density at radius 1 is 1.11 bits per heavy atom. The fourth-order valence-corrected chi connectivity index (χ4v) is 0.759. The van der Waals surface area contributed by atoms with Crippen LogP contribution in [0.4, 0.5) is 0 Å². The van der Waals surface area contributed by atoms with E-state index in [0.29, 0.717) is 0 Å². The van der Waals surface area contributed by atoms with Gasteiger partial charge in [0.05, 0.1) is 0 Å². The molecule has 1 rings (SSSR count). The summed E-state index contributed by atoms with van der Waals surface area (Å²) in [4.78, 5) is 0. The van der Waals surface area contributed by atoms with Crippen LogP contribution >= 0.6 is 0 Å². The van der Waals surface area contributed by atoms with Crippen molar-refractivity contribution < 1.29 is 0 Å². The van der Waals surface area contributed by atoms with Gasteiger partial charge in [-0.05, 0) is 6.92 Å². The molecule has 0 heterocycles. The average molecular weight is 117 g/mol. The number of hydrogen-bond acceptors (Lipinski definition) is 0. The molecule has 9 heavy (non-hydrogen) atoms. The molecule has 0 aromatic heterocycles. The minimum atomic E-state index is 1.29. The van der Waals surface area contributed by atoms with Crippen LogP contribution in [0.2, 0.25) is 6.82 Å². The predicted octanol–water partition coefficient (Wildman–Crippen LogP) is 1.37. The van der Waals surface area contributed by atoms with Crippen molar-refractivity contribution in [3.8, 4) is 0 Å². The monoisotopic (exact) mass is 117 g/mol. The Kier molecular flexibility index (Phi) is 1.94. The van der Waals surface area contributed by atoms with Gasteiger partial charge in [0.15, 0.2) is 0 Å². The van der Waals surface area contributed by atoms with Crippen LogP contribution in [0.3, 0.4) is 0 Å². The third-order valence-corrected chi connectivity index (χ3v) is 1.41. The highest BCUT2D eigenvalue weighted by Gasteiger charge is 1.86. The summed E-state index contributed by atoms with van der Waals surface area (Å²) < 4.78 is 0. The van der Waals surface area contributed by atoms with Gasteiger partial charge in [0.2, 0.25) is 0 Å². The van der Waals surface area contributed by atoms with Crippen LogP contribution in [0.5, 0.6) is 0 Å². The first-order valence-electron chi connectivity index (χ1n) is 3.19. The van der Waals surface area contributed by atoms with Crippen molar-refractivity contribution in [2.75, 3.05) is 0 Å². The third-order valence-electron chi connectivity index (χ3n) is 1.41. The van der Waals surface area contributed by atoms with Gasteiger partial charge in [-0.3, -0.25) is 0 Å². The lowest BCUT2D eigenvalue weighted by Gasteiger charge is -1.93. The van der Waals surface area contributed by atoms with Crippen molar-refractivity contribution in [2.45, 2.75) is 13.7 Å². The second-order valence-electron chi connectivity index (χ2n) is 2.20. The highest BCUT2D eigenvalue weighted by Crippen LogP contribution is 1.91. The van der Waals surface area contributed by atoms with Crippen LogP contribution in [0.25, 0.3) is 0 Å². The molecule has 0 N–H and O–H groups in total. The summed E-state index contributed by atoms with van der Waals surface area (Å²) >= 11 is 0. The van der Waals surface area contributed by atoms with Crippen LogP contribution in [-0.4, -0.2) is 7.28 Å². The van der Waals surface area contributed by atoms with E-state index < -0.39 is 0 Å². The van der Waals surface area contributed by atoms with E-state index in [9.17, 15) is 0 Å². The van der Waals surface area contributed by atoms with Gasteiger partial charge in [0, 0.05) is 0 Å². The minimum absolute atomic E-state index is 1.29. The maximum Gasteiger partial charge on any atom is 0.148 e. The molecule has 0 saturated carbocycles. The van der Waals surface area contributed by atoms with Gasteiger partial charge in [-0.15, -0.1) is 0 Å². The maximum absolute atomic E-state index is 2.12. The largest absolute Gasteiger partial charge is 0.148 e. The fourth-order valence-electron chi connectivity index (χ4n) is 0.759. The normalized spacial score (nSPS) is 9.11. The van der Waals surface area contributed by atoms with Crippen molar-refractivity contribution >= 4 is 12.7 Å². The van der Waals surface area contributed by atoms with E-state index in [1.54, 1.807) is 0 Å². The van der Waals surface area contributed by atoms with Crippen LogP contribution in [0.1, 0.15) is 5.56 Å². The summed E-state index contributed by atoms with van der Waals surface area (Å²) in [5, 5.41) is 0. The Bertz CT molecular complexity index is 176. The van der Waals surface area contributed by atoms with Gasteiger partial charge in [-0.25, -0.2) is 0 Å². The zero-order chi connectivity index (χ0) is 6.69. The summed E-state index contributed by atoms with van der Waals surface area (Å²) in [6.45, 7) is 4.14. The lowest BCUT2D eigenvalue weighted by atomic mass is 9.73. The van der Waals surface area contributed by atoms with E-state index >= 15 is 0 Å². The van der Waals surface area contributed by atoms with Gasteiger partial charge in [-0.1, -0.05) is 42.1 Å². The molecule has 45 valence electrons. The second kappa shape index (κ2) is 2.72. The van der Waals surface area contributed by atoms with Crippen LogP contribution < -0.4 is 5.46 Å². The highest BCUT2D eigenvalue weighted by atomic mass is 13.8. The fraction of sp³-hybridized carbons (Fsp3) is 0.250. The van der Waals surface area contributed by atoms with E-state index in [1.807, 2.05) is 6.82 Å². The standard InChI is InChI=1S/C8H10B/c1-7-3-5-8(9-2)6-4-7/h3-6H,1-2H3. The lowest BCUT2D eigenvalue weighted by molar-refractivity contribution is 1.49. The van der Waals surface area contributed by atoms with Gasteiger partial charge in [0.25, 0.3) is 0 Å². The van der Waals surface area contributed by atoms with Gasteiger partial charge in [-0.2, -0.15) is 0 Å². The molecule has 0 aliphatic carbocycles. The second-order valence-corrected chi connectivity index (χ2v) is 2.20. The highest BCUT2D eigenvalue weighted by molar-refractivity contribution is 6.51. The number of benzene rings is 1. The molecule has 0 unspecified atom stereocenters. The quantitative estimate of drug-likeness (QED) is 0.487. The van der Waals surface area contributed by atoms with Crippen LogP contribution in [-0.2, 0) is 0 Å². The first-order chi connectivity index (χ1) is 4.33. The molecule has 0 aliphatic rings. The van der Waals surface area contributed by atoms with E-state index in [4.69, 9.17) is 0 Å². The van der Waals surface area contributed by atoms with Gasteiger partial charge in [0.1, 0.15) is 7.28 Å². The third kappa shape index (κ3) is 1.60. The van der Waals surface area contributed by atoms with Gasteiger partial charge < -0.3 is 0 Å². The van der Waals surface area contributed by atoms with Crippen molar-refractivity contribution in [3.63, 3.8) is 0 Å². The Morgan fingerprint density at radius 2 is 1.67 bits per heavy atom. The van der Waals surface area contributed by atoms with Crippen molar-refractivity contribution in [2.24, 2.45) is 0 Å². The molecule has 0 nitrogen and oxygen atoms in total. The molecule has 1 aromatic rings. The maximum atomic E-state index is 2.12. The summed E-state index contributed by atoms with van der Waals surface area (Å²) in [7, 11) is 2.10. The molecule has 0 amide bonds. The summed E-state index contributed by atoms with van der Waals surface area (Å²) in [6.07, 6.45) is 0. The molecular weight excluding hydrogens is 107 g/mol. The molecular formula is C8H10B. The zero-order valence-corrected chi connectivity index (χ0v) is 5.89. The first kappa shape index (κ1) is 6.41. The molecule has 1 radical (unpaired) electrons. The zero-order valence-electron chi connectivity index (χ0n) is 5.89. The van der Waals surface area contributed by atoms with Crippen molar-refractivity contribution in [1.29, 1.82) is 0 Å². The Hall–Kier alpha value is -0.715. The summed E-state index contributed by atoms with van der Waals surface area (Å²) in [6, 6.07) is 8.48. The Morgan fingerprint density at radius 3 is 2.11 bits per heavy atom. The van der Waals surface area contributed by atoms with Crippen molar-refractivity contribution in [3.05, 3.63) is 29.8 Å². The Labute approximate surface area is 57.1 Å². The molecule has 0 saturated heterocycles. The molecule has 1 heteroatoms. The number of aryl methyl sites for hydroxylation is 1. The van der Waals surface area contributed by atoms with Crippen molar-refractivity contribution in [1.82, 2.24) is 0 Å². The number of rotatable bonds is 1. The Balaban J connectivity index is 2.88. The molecule has 0 bridgehead atoms. The predicted molar refractivity (Wildman–Crippen MR) is 42.4 cm³/mol. The average Bonchev–Trinajstić information content (AvgIpc) is 1.90.